The topological polar surface area (TPSA) is 0 Å². The van der Waals surface area contributed by atoms with E-state index in [4.69, 9.17) is 11.6 Å². The highest BCUT2D eigenvalue weighted by atomic mass is 79.9. The van der Waals surface area contributed by atoms with Crippen LogP contribution in [0.4, 0.5) is 0 Å². The number of hydrogen-bond donors (Lipinski definition) is 0. The normalized spacial score (nSPS) is 27.8. The van der Waals surface area contributed by atoms with E-state index in [-0.39, 0.29) is 0 Å². The molecule has 0 saturated heterocycles. The molecule has 0 heterocycles. The molecule has 0 aromatic heterocycles. The van der Waals surface area contributed by atoms with Crippen LogP contribution in [0.2, 0.25) is 5.02 Å². The van der Waals surface area contributed by atoms with Gasteiger partial charge in [-0.1, -0.05) is 63.4 Å². The fourth-order valence-electron chi connectivity index (χ4n) is 2.40. The molecule has 2 atom stereocenters. The van der Waals surface area contributed by atoms with Crippen LogP contribution in [0.1, 0.15) is 25.3 Å². The summed E-state index contributed by atoms with van der Waals surface area (Å²) in [6, 6.07) is 6.19. The second-order valence-electron chi connectivity index (χ2n) is 4.73. The smallest absolute Gasteiger partial charge is 0.0452 e. The highest BCUT2D eigenvalue weighted by Crippen LogP contribution is 2.65. The third kappa shape index (κ3) is 2.01. The molecule has 1 aromatic rings. The number of hydrogen-bond acceptors (Lipinski definition) is 0. The molecule has 0 radical (unpaired) electrons. The molecule has 2 unspecified atom stereocenters. The Kier molecular flexibility index (Phi) is 3.22. The minimum absolute atomic E-state index is 0.376. The van der Waals surface area contributed by atoms with E-state index in [2.05, 4.69) is 57.8 Å². The van der Waals surface area contributed by atoms with Gasteiger partial charge in [0, 0.05) is 14.8 Å². The van der Waals surface area contributed by atoms with Gasteiger partial charge in [-0.05, 0) is 34.9 Å². The summed E-state index contributed by atoms with van der Waals surface area (Å²) >= 11 is 13.3. The first-order chi connectivity index (χ1) is 6.98. The minimum atomic E-state index is 0.376. The van der Waals surface area contributed by atoms with Gasteiger partial charge in [-0.2, -0.15) is 0 Å². The van der Waals surface area contributed by atoms with Crippen LogP contribution in [0.3, 0.4) is 0 Å². The molecule has 1 aliphatic rings. The Balaban J connectivity index is 2.33. The zero-order chi connectivity index (χ0) is 11.2. The van der Waals surface area contributed by atoms with Crippen molar-refractivity contribution in [2.45, 2.75) is 19.8 Å². The highest BCUT2D eigenvalue weighted by molar-refractivity contribution is 9.10. The lowest BCUT2D eigenvalue weighted by molar-refractivity contribution is 0.579. The first-order valence-corrected chi connectivity index (χ1v) is 7.28. The number of halogens is 3. The van der Waals surface area contributed by atoms with E-state index in [0.717, 1.165) is 14.8 Å². The zero-order valence-corrected chi connectivity index (χ0v) is 12.7. The molecule has 0 N–H and O–H groups in total. The van der Waals surface area contributed by atoms with Crippen molar-refractivity contribution in [2.24, 2.45) is 11.3 Å². The van der Waals surface area contributed by atoms with Crippen LogP contribution in [0.15, 0.2) is 22.7 Å². The van der Waals surface area contributed by atoms with Crippen LogP contribution >= 0.6 is 43.5 Å². The van der Waals surface area contributed by atoms with Crippen molar-refractivity contribution in [3.63, 3.8) is 0 Å². The van der Waals surface area contributed by atoms with Gasteiger partial charge in [-0.3, -0.25) is 0 Å². The lowest BCUT2D eigenvalue weighted by atomic mass is 10.0. The Labute approximate surface area is 113 Å². The molecule has 0 nitrogen and oxygen atoms in total. The van der Waals surface area contributed by atoms with E-state index in [0.29, 0.717) is 17.3 Å². The highest BCUT2D eigenvalue weighted by Gasteiger charge is 2.57. The van der Waals surface area contributed by atoms with Crippen LogP contribution in [0.5, 0.6) is 0 Å². The Morgan fingerprint density at radius 1 is 1.40 bits per heavy atom. The lowest BCUT2D eigenvalue weighted by Gasteiger charge is -2.06. The van der Waals surface area contributed by atoms with E-state index >= 15 is 0 Å². The molecular weight excluding hydrogens is 339 g/mol. The average molecular weight is 352 g/mol. The SMILES string of the molecule is CC1(C)C(CBr)C1c1ccc(Br)cc1Cl. The lowest BCUT2D eigenvalue weighted by Crippen LogP contribution is -1.91. The van der Waals surface area contributed by atoms with Gasteiger partial charge in [0.1, 0.15) is 0 Å². The van der Waals surface area contributed by atoms with Crippen molar-refractivity contribution < 1.29 is 0 Å². The summed E-state index contributed by atoms with van der Waals surface area (Å²) in [7, 11) is 0. The molecule has 0 bridgehead atoms. The Hall–Kier alpha value is 0.470. The van der Waals surface area contributed by atoms with Gasteiger partial charge in [0.25, 0.3) is 0 Å². The van der Waals surface area contributed by atoms with Crippen molar-refractivity contribution in [3.05, 3.63) is 33.3 Å². The predicted molar refractivity (Wildman–Crippen MR) is 73.0 cm³/mol. The monoisotopic (exact) mass is 350 g/mol. The maximum Gasteiger partial charge on any atom is 0.0452 e. The van der Waals surface area contributed by atoms with Gasteiger partial charge in [-0.25, -0.2) is 0 Å². The minimum Gasteiger partial charge on any atom is -0.0925 e. The summed E-state index contributed by atoms with van der Waals surface area (Å²) in [5.41, 5.74) is 1.66. The van der Waals surface area contributed by atoms with Crippen molar-refractivity contribution in [1.29, 1.82) is 0 Å². The third-order valence-corrected chi connectivity index (χ3v) is 5.03. The van der Waals surface area contributed by atoms with Gasteiger partial charge in [0.15, 0.2) is 0 Å². The standard InChI is InChI=1S/C12H13Br2Cl/c1-12(2)9(6-13)11(12)8-4-3-7(14)5-10(8)15/h3-5,9,11H,6H2,1-2H3. The van der Waals surface area contributed by atoms with Crippen LogP contribution in [-0.4, -0.2) is 5.33 Å². The van der Waals surface area contributed by atoms with Gasteiger partial charge < -0.3 is 0 Å². The number of alkyl halides is 1. The summed E-state index contributed by atoms with van der Waals surface area (Å²) < 4.78 is 1.05. The molecule has 82 valence electrons. The zero-order valence-electron chi connectivity index (χ0n) is 8.73. The molecule has 2 rings (SSSR count). The van der Waals surface area contributed by atoms with Gasteiger partial charge in [0.2, 0.25) is 0 Å². The fraction of sp³-hybridized carbons (Fsp3) is 0.500. The Bertz CT molecular complexity index is 387. The molecule has 0 spiro atoms. The molecular formula is C12H13Br2Cl. The first-order valence-electron chi connectivity index (χ1n) is 4.99. The van der Waals surface area contributed by atoms with Crippen molar-refractivity contribution >= 4 is 43.5 Å². The Morgan fingerprint density at radius 2 is 2.07 bits per heavy atom. The van der Waals surface area contributed by atoms with Crippen LogP contribution in [0.25, 0.3) is 0 Å². The molecule has 0 amide bonds. The average Bonchev–Trinajstić information content (AvgIpc) is 2.68. The summed E-state index contributed by atoms with van der Waals surface area (Å²) in [6.45, 7) is 4.62. The number of benzene rings is 1. The maximum absolute atomic E-state index is 6.27. The quantitative estimate of drug-likeness (QED) is 0.639. The molecule has 1 aliphatic carbocycles. The first kappa shape index (κ1) is 11.9. The van der Waals surface area contributed by atoms with Crippen molar-refractivity contribution in [3.8, 4) is 0 Å². The van der Waals surface area contributed by atoms with Gasteiger partial charge >= 0.3 is 0 Å². The third-order valence-electron chi connectivity index (χ3n) is 3.51. The molecule has 1 saturated carbocycles. The number of rotatable bonds is 2. The molecule has 3 heteroatoms. The second-order valence-corrected chi connectivity index (χ2v) is 6.70. The van der Waals surface area contributed by atoms with Crippen LogP contribution in [-0.2, 0) is 0 Å². The summed E-state index contributed by atoms with van der Waals surface area (Å²) in [5, 5.41) is 1.93. The maximum atomic E-state index is 6.27. The molecule has 1 aromatic carbocycles. The predicted octanol–water partition coefficient (Wildman–Crippen LogP) is 5.24. The van der Waals surface area contributed by atoms with Crippen LogP contribution in [0, 0.1) is 11.3 Å². The van der Waals surface area contributed by atoms with E-state index in [1.807, 2.05) is 6.07 Å². The van der Waals surface area contributed by atoms with E-state index in [9.17, 15) is 0 Å². The summed E-state index contributed by atoms with van der Waals surface area (Å²) in [5.74, 6) is 1.30. The Morgan fingerprint density at radius 3 is 2.53 bits per heavy atom. The summed E-state index contributed by atoms with van der Waals surface area (Å²) in [4.78, 5) is 0. The molecule has 15 heavy (non-hydrogen) atoms. The summed E-state index contributed by atoms with van der Waals surface area (Å²) in [6.07, 6.45) is 0. The van der Waals surface area contributed by atoms with Crippen molar-refractivity contribution in [1.82, 2.24) is 0 Å². The van der Waals surface area contributed by atoms with Crippen molar-refractivity contribution in [2.75, 3.05) is 5.33 Å². The molecule has 1 fully saturated rings. The van der Waals surface area contributed by atoms with E-state index in [1.165, 1.54) is 5.56 Å². The largest absolute Gasteiger partial charge is 0.0925 e. The van der Waals surface area contributed by atoms with E-state index < -0.39 is 0 Å². The van der Waals surface area contributed by atoms with E-state index in [1.54, 1.807) is 0 Å². The van der Waals surface area contributed by atoms with Crippen LogP contribution < -0.4 is 0 Å². The fourth-order valence-corrected chi connectivity index (χ4v) is 4.40. The molecule has 0 aliphatic heterocycles. The van der Waals surface area contributed by atoms with Gasteiger partial charge in [-0.15, -0.1) is 0 Å². The van der Waals surface area contributed by atoms with Gasteiger partial charge in [0.05, 0.1) is 0 Å². The second kappa shape index (κ2) is 4.05.